The zero-order valence-electron chi connectivity index (χ0n) is 15.1. The summed E-state index contributed by atoms with van der Waals surface area (Å²) < 4.78 is 5.95. The molecule has 3 aromatic rings. The Balaban J connectivity index is 1.62. The molecular formula is C21H21N3O3. The molecule has 2 unspecified atom stereocenters. The second kappa shape index (κ2) is 7.32. The van der Waals surface area contributed by atoms with E-state index in [2.05, 4.69) is 22.4 Å². The molecule has 0 amide bonds. The maximum atomic E-state index is 11.2. The van der Waals surface area contributed by atoms with Gasteiger partial charge >= 0.3 is 0 Å². The maximum Gasteiger partial charge on any atom is 0.270 e. The molecule has 1 aromatic heterocycles. The fourth-order valence-electron chi connectivity index (χ4n) is 3.63. The van der Waals surface area contributed by atoms with Gasteiger partial charge < -0.3 is 10.1 Å². The zero-order chi connectivity index (χ0) is 18.8. The summed E-state index contributed by atoms with van der Waals surface area (Å²) in [6.07, 6.45) is 1.80. The molecule has 2 atom stereocenters. The molecule has 1 saturated heterocycles. The van der Waals surface area contributed by atoms with Crippen molar-refractivity contribution in [3.05, 3.63) is 76.0 Å². The van der Waals surface area contributed by atoms with E-state index in [0.717, 1.165) is 35.1 Å². The summed E-state index contributed by atoms with van der Waals surface area (Å²) in [7, 11) is 0. The molecule has 1 fully saturated rings. The minimum absolute atomic E-state index is 0.0565. The third-order valence-corrected chi connectivity index (χ3v) is 4.95. The van der Waals surface area contributed by atoms with E-state index in [0.29, 0.717) is 6.61 Å². The van der Waals surface area contributed by atoms with Gasteiger partial charge in [-0.2, -0.15) is 0 Å². The van der Waals surface area contributed by atoms with Crippen molar-refractivity contribution in [1.29, 1.82) is 0 Å². The third kappa shape index (κ3) is 3.75. The lowest BCUT2D eigenvalue weighted by Crippen LogP contribution is -2.30. The van der Waals surface area contributed by atoms with Crippen molar-refractivity contribution in [2.45, 2.75) is 31.9 Å². The summed E-state index contributed by atoms with van der Waals surface area (Å²) in [5.74, 6) is 0. The van der Waals surface area contributed by atoms with Crippen LogP contribution in [0.3, 0.4) is 0 Å². The number of hydrogen-bond acceptors (Lipinski definition) is 5. The van der Waals surface area contributed by atoms with E-state index in [1.807, 2.05) is 31.2 Å². The first-order valence-electron chi connectivity index (χ1n) is 9.09. The van der Waals surface area contributed by atoms with Gasteiger partial charge in [0, 0.05) is 41.5 Å². The molecule has 1 aliphatic rings. The van der Waals surface area contributed by atoms with Crippen molar-refractivity contribution in [2.75, 3.05) is 11.9 Å². The molecule has 6 nitrogen and oxygen atoms in total. The number of benzene rings is 2. The van der Waals surface area contributed by atoms with Crippen LogP contribution in [-0.2, 0) is 4.74 Å². The number of rotatable bonds is 4. The van der Waals surface area contributed by atoms with E-state index in [1.165, 1.54) is 11.6 Å². The molecule has 0 radical (unpaired) electrons. The Morgan fingerprint density at radius 1 is 1.19 bits per heavy atom. The molecule has 27 heavy (non-hydrogen) atoms. The van der Waals surface area contributed by atoms with Crippen molar-refractivity contribution in [2.24, 2.45) is 0 Å². The van der Waals surface area contributed by atoms with Crippen molar-refractivity contribution in [1.82, 2.24) is 4.98 Å². The van der Waals surface area contributed by atoms with Crippen molar-refractivity contribution >= 4 is 22.3 Å². The van der Waals surface area contributed by atoms with Crippen LogP contribution in [0.1, 0.15) is 30.2 Å². The number of nitrogens with zero attached hydrogens (tertiary/aromatic N) is 2. The van der Waals surface area contributed by atoms with E-state index in [9.17, 15) is 10.1 Å². The highest BCUT2D eigenvalue weighted by Crippen LogP contribution is 2.32. The quantitative estimate of drug-likeness (QED) is 0.533. The highest BCUT2D eigenvalue weighted by atomic mass is 16.6. The molecule has 2 aromatic carbocycles. The minimum Gasteiger partial charge on any atom is -0.382 e. The van der Waals surface area contributed by atoms with E-state index < -0.39 is 0 Å². The van der Waals surface area contributed by atoms with E-state index in [4.69, 9.17) is 4.74 Å². The Kier molecular flexibility index (Phi) is 4.73. The smallest absolute Gasteiger partial charge is 0.270 e. The van der Waals surface area contributed by atoms with Crippen LogP contribution in [0.4, 0.5) is 11.4 Å². The van der Waals surface area contributed by atoms with E-state index >= 15 is 0 Å². The summed E-state index contributed by atoms with van der Waals surface area (Å²) in [5, 5.41) is 15.5. The topological polar surface area (TPSA) is 77.3 Å². The second-order valence-corrected chi connectivity index (χ2v) is 6.91. The van der Waals surface area contributed by atoms with Crippen LogP contribution >= 0.6 is 0 Å². The minimum atomic E-state index is -0.372. The highest BCUT2D eigenvalue weighted by molar-refractivity contribution is 5.93. The van der Waals surface area contributed by atoms with Gasteiger partial charge in [-0.25, -0.2) is 0 Å². The number of nitro groups is 1. The first-order valence-corrected chi connectivity index (χ1v) is 9.09. The number of hydrogen-bond donors (Lipinski definition) is 1. The van der Waals surface area contributed by atoms with Gasteiger partial charge in [-0.15, -0.1) is 0 Å². The van der Waals surface area contributed by atoms with Crippen LogP contribution in [0.5, 0.6) is 0 Å². The van der Waals surface area contributed by atoms with Gasteiger partial charge in [0.1, 0.15) is 0 Å². The molecule has 0 saturated carbocycles. The fraction of sp³-hybridized carbons (Fsp3) is 0.286. The average molecular weight is 363 g/mol. The highest BCUT2D eigenvalue weighted by Gasteiger charge is 2.24. The molecule has 0 spiro atoms. The molecular weight excluding hydrogens is 342 g/mol. The summed E-state index contributed by atoms with van der Waals surface area (Å²) in [6, 6.07) is 17.2. The van der Waals surface area contributed by atoms with Crippen molar-refractivity contribution in [3.63, 3.8) is 0 Å². The summed E-state index contributed by atoms with van der Waals surface area (Å²) in [4.78, 5) is 15.3. The third-order valence-electron chi connectivity index (χ3n) is 4.95. The van der Waals surface area contributed by atoms with E-state index in [-0.39, 0.29) is 22.8 Å². The van der Waals surface area contributed by atoms with Gasteiger partial charge in [0.25, 0.3) is 5.69 Å². The van der Waals surface area contributed by atoms with Crippen LogP contribution in [0.25, 0.3) is 10.9 Å². The number of ether oxygens (including phenoxy) is 1. The monoisotopic (exact) mass is 363 g/mol. The largest absolute Gasteiger partial charge is 0.382 e. The van der Waals surface area contributed by atoms with Gasteiger partial charge in [-0.1, -0.05) is 30.3 Å². The lowest BCUT2D eigenvalue weighted by molar-refractivity contribution is -0.384. The van der Waals surface area contributed by atoms with Crippen LogP contribution in [0.15, 0.2) is 54.6 Å². The lowest BCUT2D eigenvalue weighted by atomic mass is 9.97. The summed E-state index contributed by atoms with van der Waals surface area (Å²) >= 11 is 0. The molecule has 0 bridgehead atoms. The van der Waals surface area contributed by atoms with Crippen LogP contribution in [0, 0.1) is 17.0 Å². The molecule has 2 heterocycles. The predicted molar refractivity (Wildman–Crippen MR) is 105 cm³/mol. The number of aryl methyl sites for hydroxylation is 1. The number of aromatic nitrogens is 1. The van der Waals surface area contributed by atoms with Gasteiger partial charge in [-0.3, -0.25) is 15.1 Å². The van der Waals surface area contributed by atoms with Gasteiger partial charge in [0.2, 0.25) is 0 Å². The number of fused-ring (bicyclic) bond motifs is 1. The average Bonchev–Trinajstić information content (AvgIpc) is 2.68. The molecule has 1 N–H and O–H groups in total. The maximum absolute atomic E-state index is 11.2. The first kappa shape index (κ1) is 17.4. The molecule has 6 heteroatoms. The standard InChI is InChI=1S/C21H21N3O3/c1-14-11-20(18-13-17(24(25)26)7-8-19(18)22-14)23-16-9-10-27-21(12-16)15-5-3-2-4-6-15/h2-8,11,13,16,21H,9-10,12H2,1H3,(H,22,23). The Morgan fingerprint density at radius 2 is 2.00 bits per heavy atom. The number of pyridine rings is 1. The number of anilines is 1. The molecule has 138 valence electrons. The van der Waals surface area contributed by atoms with E-state index in [1.54, 1.807) is 12.1 Å². The fourth-order valence-corrected chi connectivity index (χ4v) is 3.63. The second-order valence-electron chi connectivity index (χ2n) is 6.91. The summed E-state index contributed by atoms with van der Waals surface area (Å²) in [5.41, 5.74) is 3.78. The summed E-state index contributed by atoms with van der Waals surface area (Å²) in [6.45, 7) is 2.61. The van der Waals surface area contributed by atoms with Crippen LogP contribution in [0.2, 0.25) is 0 Å². The van der Waals surface area contributed by atoms with Gasteiger partial charge in [-0.05, 0) is 37.5 Å². The number of nitro benzene ring substituents is 1. The molecule has 1 aliphatic heterocycles. The normalized spacial score (nSPS) is 19.7. The number of nitrogens with one attached hydrogen (secondary N) is 1. The molecule has 4 rings (SSSR count). The lowest BCUT2D eigenvalue weighted by Gasteiger charge is -2.31. The van der Waals surface area contributed by atoms with Crippen LogP contribution < -0.4 is 5.32 Å². The molecule has 0 aliphatic carbocycles. The van der Waals surface area contributed by atoms with Gasteiger partial charge in [0.05, 0.1) is 16.5 Å². The number of non-ortho nitro benzene ring substituents is 1. The zero-order valence-corrected chi connectivity index (χ0v) is 15.1. The Bertz CT molecular complexity index is 975. The van der Waals surface area contributed by atoms with Gasteiger partial charge in [0.15, 0.2) is 0 Å². The van der Waals surface area contributed by atoms with Crippen LogP contribution in [-0.4, -0.2) is 22.6 Å². The van der Waals surface area contributed by atoms with Crippen molar-refractivity contribution in [3.8, 4) is 0 Å². The van der Waals surface area contributed by atoms with Crippen molar-refractivity contribution < 1.29 is 9.66 Å². The SMILES string of the molecule is Cc1cc(NC2CCOC(c3ccccc3)C2)c2cc([N+](=O)[O-])ccc2n1. The Hall–Kier alpha value is -2.99. The first-order chi connectivity index (χ1) is 13.1. The predicted octanol–water partition coefficient (Wildman–Crippen LogP) is 4.78. The Morgan fingerprint density at radius 3 is 2.78 bits per heavy atom. The Labute approximate surface area is 157 Å².